The third kappa shape index (κ3) is 3.47. The van der Waals surface area contributed by atoms with Crippen LogP contribution in [0.15, 0.2) is 42.5 Å². The van der Waals surface area contributed by atoms with Gasteiger partial charge < -0.3 is 0 Å². The summed E-state index contributed by atoms with van der Waals surface area (Å²) >= 11 is 0. The van der Waals surface area contributed by atoms with Gasteiger partial charge in [-0.05, 0) is 46.6 Å². The molecule has 2 aromatic carbocycles. The maximum atomic E-state index is 3.08. The van der Waals surface area contributed by atoms with Crippen molar-refractivity contribution in [2.75, 3.05) is 0 Å². The van der Waals surface area contributed by atoms with E-state index in [1.54, 1.807) is 0 Å². The lowest BCUT2D eigenvalue weighted by Gasteiger charge is -2.16. The Morgan fingerprint density at radius 1 is 0.895 bits per heavy atom. The Bertz CT molecular complexity index is 521. The lowest BCUT2D eigenvalue weighted by Crippen LogP contribution is -2.00. The van der Waals surface area contributed by atoms with Crippen LogP contribution in [0.1, 0.15) is 61.8 Å². The zero-order chi connectivity index (χ0) is 13.8. The van der Waals surface area contributed by atoms with Crippen LogP contribution < -0.4 is 0 Å². The molecule has 2 rings (SSSR count). The first-order valence-corrected chi connectivity index (χ1v) is 7.15. The van der Waals surface area contributed by atoms with Crippen LogP contribution in [0.25, 0.3) is 0 Å². The van der Waals surface area contributed by atoms with Gasteiger partial charge in [0.2, 0.25) is 0 Å². The maximum absolute atomic E-state index is 3.08. The predicted octanol–water partition coefficient (Wildman–Crippen LogP) is 5.32. The van der Waals surface area contributed by atoms with Gasteiger partial charge in [-0.1, -0.05) is 70.2 Å². The summed E-state index contributed by atoms with van der Waals surface area (Å²) in [6.45, 7) is 9.07. The smallest absolute Gasteiger partial charge is 0.00229 e. The first-order chi connectivity index (χ1) is 9.08. The molecule has 0 amide bonds. The molecule has 0 spiro atoms. The first-order valence-electron chi connectivity index (χ1n) is 7.15. The van der Waals surface area contributed by atoms with E-state index in [-0.39, 0.29) is 0 Å². The SMILES string of the molecule is CC(C)c1ccc(Cc2cc[c]cc2)c(C(C)C)c1. The zero-order valence-corrected chi connectivity index (χ0v) is 12.4. The lowest BCUT2D eigenvalue weighted by atomic mass is 9.89. The van der Waals surface area contributed by atoms with Gasteiger partial charge in [0.05, 0.1) is 0 Å². The van der Waals surface area contributed by atoms with Crippen molar-refractivity contribution < 1.29 is 0 Å². The van der Waals surface area contributed by atoms with Crippen LogP contribution >= 0.6 is 0 Å². The van der Waals surface area contributed by atoms with E-state index >= 15 is 0 Å². The average Bonchev–Trinajstić information content (AvgIpc) is 2.39. The second-order valence-corrected chi connectivity index (χ2v) is 5.85. The molecule has 0 nitrogen and oxygen atoms in total. The minimum Gasteiger partial charge on any atom is -0.0587 e. The van der Waals surface area contributed by atoms with Crippen molar-refractivity contribution in [3.63, 3.8) is 0 Å². The van der Waals surface area contributed by atoms with E-state index in [0.29, 0.717) is 11.8 Å². The summed E-state index contributed by atoms with van der Waals surface area (Å²) in [6, 6.07) is 18.3. The van der Waals surface area contributed by atoms with Gasteiger partial charge in [-0.15, -0.1) is 0 Å². The summed E-state index contributed by atoms with van der Waals surface area (Å²) in [5.41, 5.74) is 5.73. The van der Waals surface area contributed by atoms with Crippen LogP contribution in [0.4, 0.5) is 0 Å². The highest BCUT2D eigenvalue weighted by molar-refractivity contribution is 5.38. The van der Waals surface area contributed by atoms with Gasteiger partial charge in [0, 0.05) is 0 Å². The van der Waals surface area contributed by atoms with Gasteiger partial charge >= 0.3 is 0 Å². The molecule has 99 valence electrons. The van der Waals surface area contributed by atoms with E-state index < -0.39 is 0 Å². The van der Waals surface area contributed by atoms with Gasteiger partial charge in [-0.3, -0.25) is 0 Å². The van der Waals surface area contributed by atoms with E-state index in [0.717, 1.165) is 6.42 Å². The van der Waals surface area contributed by atoms with Crippen molar-refractivity contribution in [2.24, 2.45) is 0 Å². The monoisotopic (exact) mass is 251 g/mol. The van der Waals surface area contributed by atoms with Crippen LogP contribution in [0.2, 0.25) is 0 Å². The van der Waals surface area contributed by atoms with E-state index in [1.807, 2.05) is 12.1 Å². The molecule has 2 aromatic rings. The first kappa shape index (κ1) is 13.9. The molecule has 0 heterocycles. The van der Waals surface area contributed by atoms with Crippen LogP contribution in [-0.4, -0.2) is 0 Å². The summed E-state index contributed by atoms with van der Waals surface area (Å²) in [5, 5.41) is 0. The Hall–Kier alpha value is -1.56. The second-order valence-electron chi connectivity index (χ2n) is 5.85. The molecule has 0 N–H and O–H groups in total. The molecule has 0 aliphatic heterocycles. The van der Waals surface area contributed by atoms with E-state index in [4.69, 9.17) is 0 Å². The molecule has 0 aliphatic carbocycles. The van der Waals surface area contributed by atoms with E-state index in [2.05, 4.69) is 64.1 Å². The fourth-order valence-corrected chi connectivity index (χ4v) is 2.43. The number of hydrogen-bond donors (Lipinski definition) is 0. The predicted molar refractivity (Wildman–Crippen MR) is 82.7 cm³/mol. The summed E-state index contributed by atoms with van der Waals surface area (Å²) in [4.78, 5) is 0. The molecule has 0 heteroatoms. The molecule has 1 radical (unpaired) electrons. The third-order valence-corrected chi connectivity index (χ3v) is 3.64. The quantitative estimate of drug-likeness (QED) is 0.689. The molecule has 0 unspecified atom stereocenters. The Morgan fingerprint density at radius 3 is 2.16 bits per heavy atom. The highest BCUT2D eigenvalue weighted by atomic mass is 14.1. The molecule has 0 aliphatic rings. The van der Waals surface area contributed by atoms with Gasteiger partial charge in [0.1, 0.15) is 0 Å². The summed E-state index contributed by atoms with van der Waals surface area (Å²) in [7, 11) is 0. The molecule has 0 bridgehead atoms. The molecular weight excluding hydrogens is 228 g/mol. The second kappa shape index (κ2) is 6.06. The summed E-state index contributed by atoms with van der Waals surface area (Å²) in [5.74, 6) is 1.17. The number of hydrogen-bond acceptors (Lipinski definition) is 0. The molecule has 0 saturated carbocycles. The fourth-order valence-electron chi connectivity index (χ4n) is 2.43. The van der Waals surface area contributed by atoms with Gasteiger partial charge in [0.25, 0.3) is 0 Å². The number of rotatable bonds is 4. The summed E-state index contributed by atoms with van der Waals surface area (Å²) < 4.78 is 0. The van der Waals surface area contributed by atoms with Crippen molar-refractivity contribution in [1.29, 1.82) is 0 Å². The maximum Gasteiger partial charge on any atom is -0.00229 e. The average molecular weight is 251 g/mol. The Kier molecular flexibility index (Phi) is 4.42. The van der Waals surface area contributed by atoms with Crippen molar-refractivity contribution >= 4 is 0 Å². The largest absolute Gasteiger partial charge is 0.0587 e. The third-order valence-electron chi connectivity index (χ3n) is 3.64. The Labute approximate surface area is 117 Å². The highest BCUT2D eigenvalue weighted by Gasteiger charge is 2.10. The topological polar surface area (TPSA) is 0 Å². The molecule has 19 heavy (non-hydrogen) atoms. The number of benzene rings is 2. The van der Waals surface area contributed by atoms with Crippen LogP contribution in [0.3, 0.4) is 0 Å². The standard InChI is InChI=1S/C19H23/c1-14(2)17-10-11-18(19(13-17)15(3)4)12-16-8-6-5-7-9-16/h6-11,13-15H,12H2,1-4H3. The van der Waals surface area contributed by atoms with Crippen LogP contribution in [-0.2, 0) is 6.42 Å². The molecule has 0 aromatic heterocycles. The van der Waals surface area contributed by atoms with E-state index in [1.165, 1.54) is 22.3 Å². The minimum absolute atomic E-state index is 0.573. The van der Waals surface area contributed by atoms with Crippen LogP contribution in [0.5, 0.6) is 0 Å². The Morgan fingerprint density at radius 2 is 1.58 bits per heavy atom. The van der Waals surface area contributed by atoms with Crippen molar-refractivity contribution in [3.05, 3.63) is 70.8 Å². The van der Waals surface area contributed by atoms with Gasteiger partial charge in [0.15, 0.2) is 0 Å². The summed E-state index contributed by atoms with van der Waals surface area (Å²) in [6.07, 6.45) is 1.01. The van der Waals surface area contributed by atoms with Crippen LogP contribution in [0, 0.1) is 6.07 Å². The molecule has 0 saturated heterocycles. The highest BCUT2D eigenvalue weighted by Crippen LogP contribution is 2.26. The van der Waals surface area contributed by atoms with E-state index in [9.17, 15) is 0 Å². The zero-order valence-electron chi connectivity index (χ0n) is 12.4. The van der Waals surface area contributed by atoms with Gasteiger partial charge in [-0.25, -0.2) is 0 Å². The normalized spacial score (nSPS) is 11.3. The van der Waals surface area contributed by atoms with Gasteiger partial charge in [-0.2, -0.15) is 0 Å². The lowest BCUT2D eigenvalue weighted by molar-refractivity contribution is 0.821. The van der Waals surface area contributed by atoms with Crippen molar-refractivity contribution in [2.45, 2.75) is 46.0 Å². The molecule has 0 atom stereocenters. The Balaban J connectivity index is 2.34. The van der Waals surface area contributed by atoms with Crippen molar-refractivity contribution in [3.8, 4) is 0 Å². The fraction of sp³-hybridized carbons (Fsp3) is 0.368. The molecule has 0 fully saturated rings. The van der Waals surface area contributed by atoms with Crippen molar-refractivity contribution in [1.82, 2.24) is 0 Å². The molecular formula is C19H23. The minimum atomic E-state index is 0.573.